The third kappa shape index (κ3) is 5.08. The number of hydrogen-bond donors (Lipinski definition) is 1. The van der Waals surface area contributed by atoms with Gasteiger partial charge < -0.3 is 19.5 Å². The van der Waals surface area contributed by atoms with Crippen molar-refractivity contribution in [3.05, 3.63) is 89.5 Å². The van der Waals surface area contributed by atoms with E-state index in [2.05, 4.69) is 5.32 Å². The largest absolute Gasteiger partial charge is 0.497 e. The molecule has 1 unspecified atom stereocenters. The minimum atomic E-state index is -0.283. The number of nitrogens with one attached hydrogen (secondary N) is 1. The summed E-state index contributed by atoms with van der Waals surface area (Å²) in [6, 6.07) is 22.3. The molecule has 0 radical (unpaired) electrons. The van der Waals surface area contributed by atoms with E-state index >= 15 is 0 Å². The molecule has 3 aromatic carbocycles. The molecule has 3 aromatic rings. The summed E-state index contributed by atoms with van der Waals surface area (Å²) in [5.74, 6) is 1.71. The number of rotatable bonds is 8. The standard InChI is InChI=1S/C24H25NO4/c1-17(21-15-19(27-2)13-14-22(21)28-3)25-24(26)20-11-7-8-12-23(20)29-16-18-9-5-4-6-10-18/h4-15,17H,16H2,1-3H3,(H,25,26). The fourth-order valence-corrected chi connectivity index (χ4v) is 3.05. The highest BCUT2D eigenvalue weighted by atomic mass is 16.5. The van der Waals surface area contributed by atoms with Crippen molar-refractivity contribution in [1.82, 2.24) is 5.32 Å². The van der Waals surface area contributed by atoms with Crippen molar-refractivity contribution in [2.45, 2.75) is 19.6 Å². The van der Waals surface area contributed by atoms with E-state index in [1.54, 1.807) is 26.4 Å². The molecule has 0 aromatic heterocycles. The van der Waals surface area contributed by atoms with Crippen LogP contribution < -0.4 is 19.5 Å². The molecule has 0 heterocycles. The van der Waals surface area contributed by atoms with Crippen molar-refractivity contribution < 1.29 is 19.0 Å². The molecule has 1 atom stereocenters. The van der Waals surface area contributed by atoms with Gasteiger partial charge in [0, 0.05) is 5.56 Å². The first-order valence-corrected chi connectivity index (χ1v) is 9.41. The maximum absolute atomic E-state index is 13.0. The van der Waals surface area contributed by atoms with Gasteiger partial charge in [-0.2, -0.15) is 0 Å². The Morgan fingerprint density at radius 3 is 2.34 bits per heavy atom. The first kappa shape index (κ1) is 20.3. The molecule has 0 spiro atoms. The van der Waals surface area contributed by atoms with E-state index in [1.807, 2.05) is 67.6 Å². The molecular formula is C24H25NO4. The third-order valence-corrected chi connectivity index (χ3v) is 4.62. The molecule has 0 aliphatic heterocycles. The Kier molecular flexibility index (Phi) is 6.74. The van der Waals surface area contributed by atoms with Crippen molar-refractivity contribution in [3.63, 3.8) is 0 Å². The maximum Gasteiger partial charge on any atom is 0.255 e. The van der Waals surface area contributed by atoms with E-state index in [1.165, 1.54) is 0 Å². The van der Waals surface area contributed by atoms with Crippen molar-refractivity contribution in [1.29, 1.82) is 0 Å². The minimum Gasteiger partial charge on any atom is -0.497 e. The molecule has 0 saturated carbocycles. The minimum absolute atomic E-state index is 0.217. The highest BCUT2D eigenvalue weighted by molar-refractivity contribution is 5.97. The molecular weight excluding hydrogens is 366 g/mol. The lowest BCUT2D eigenvalue weighted by Gasteiger charge is -2.19. The number of benzene rings is 3. The molecule has 5 nitrogen and oxygen atoms in total. The van der Waals surface area contributed by atoms with E-state index in [4.69, 9.17) is 14.2 Å². The Balaban J connectivity index is 1.76. The molecule has 29 heavy (non-hydrogen) atoms. The highest BCUT2D eigenvalue weighted by Gasteiger charge is 2.18. The van der Waals surface area contributed by atoms with Gasteiger partial charge in [0.25, 0.3) is 5.91 Å². The lowest BCUT2D eigenvalue weighted by Crippen LogP contribution is -2.27. The Morgan fingerprint density at radius 2 is 1.62 bits per heavy atom. The van der Waals surface area contributed by atoms with Gasteiger partial charge in [-0.15, -0.1) is 0 Å². The number of carbonyl (C=O) groups is 1. The van der Waals surface area contributed by atoms with Crippen LogP contribution in [-0.2, 0) is 6.61 Å². The number of amides is 1. The molecule has 0 saturated heterocycles. The summed E-state index contributed by atoms with van der Waals surface area (Å²) in [6.45, 7) is 2.30. The van der Waals surface area contributed by atoms with Gasteiger partial charge in [0.05, 0.1) is 25.8 Å². The summed E-state index contributed by atoms with van der Waals surface area (Å²) < 4.78 is 16.6. The molecule has 5 heteroatoms. The van der Waals surface area contributed by atoms with E-state index < -0.39 is 0 Å². The zero-order valence-corrected chi connectivity index (χ0v) is 16.8. The van der Waals surface area contributed by atoms with Crippen LogP contribution in [0, 0.1) is 0 Å². The fraction of sp³-hybridized carbons (Fsp3) is 0.208. The van der Waals surface area contributed by atoms with Crippen LogP contribution in [0.4, 0.5) is 0 Å². The summed E-state index contributed by atoms with van der Waals surface area (Å²) in [6.07, 6.45) is 0. The molecule has 3 rings (SSSR count). The predicted molar refractivity (Wildman–Crippen MR) is 113 cm³/mol. The third-order valence-electron chi connectivity index (χ3n) is 4.62. The van der Waals surface area contributed by atoms with Gasteiger partial charge in [0.1, 0.15) is 23.9 Å². The number of methoxy groups -OCH3 is 2. The van der Waals surface area contributed by atoms with Crippen LogP contribution in [0.25, 0.3) is 0 Å². The van der Waals surface area contributed by atoms with Gasteiger partial charge in [0.2, 0.25) is 0 Å². The Hall–Kier alpha value is -3.47. The summed E-state index contributed by atoms with van der Waals surface area (Å²) in [7, 11) is 3.21. The molecule has 0 fully saturated rings. The van der Waals surface area contributed by atoms with Gasteiger partial charge in [0.15, 0.2) is 0 Å². The van der Waals surface area contributed by atoms with E-state index in [0.29, 0.717) is 29.4 Å². The normalized spacial score (nSPS) is 11.4. The van der Waals surface area contributed by atoms with Crippen molar-refractivity contribution in [2.75, 3.05) is 14.2 Å². The molecule has 0 bridgehead atoms. The van der Waals surface area contributed by atoms with E-state index in [9.17, 15) is 4.79 Å². The van der Waals surface area contributed by atoms with Crippen LogP contribution >= 0.6 is 0 Å². The van der Waals surface area contributed by atoms with Gasteiger partial charge in [-0.05, 0) is 42.8 Å². The van der Waals surface area contributed by atoms with E-state index in [0.717, 1.165) is 11.1 Å². The van der Waals surface area contributed by atoms with Gasteiger partial charge in [-0.3, -0.25) is 4.79 Å². The Morgan fingerprint density at radius 1 is 0.897 bits per heavy atom. The Labute approximate surface area is 171 Å². The van der Waals surface area contributed by atoms with Crippen molar-refractivity contribution >= 4 is 5.91 Å². The lowest BCUT2D eigenvalue weighted by molar-refractivity contribution is 0.0935. The lowest BCUT2D eigenvalue weighted by atomic mass is 10.1. The second-order valence-corrected chi connectivity index (χ2v) is 6.57. The second kappa shape index (κ2) is 9.64. The summed E-state index contributed by atoms with van der Waals surface area (Å²) in [4.78, 5) is 13.0. The van der Waals surface area contributed by atoms with Crippen LogP contribution in [-0.4, -0.2) is 20.1 Å². The monoisotopic (exact) mass is 391 g/mol. The first-order valence-electron chi connectivity index (χ1n) is 9.41. The number of carbonyl (C=O) groups excluding carboxylic acids is 1. The summed E-state index contributed by atoms with van der Waals surface area (Å²) in [5, 5.41) is 3.02. The van der Waals surface area contributed by atoms with Gasteiger partial charge in [-0.1, -0.05) is 42.5 Å². The number of para-hydroxylation sites is 1. The van der Waals surface area contributed by atoms with E-state index in [-0.39, 0.29) is 11.9 Å². The molecule has 1 amide bonds. The SMILES string of the molecule is COc1ccc(OC)c(C(C)NC(=O)c2ccccc2OCc2ccccc2)c1. The number of hydrogen-bond acceptors (Lipinski definition) is 4. The van der Waals surface area contributed by atoms with Gasteiger partial charge >= 0.3 is 0 Å². The average molecular weight is 391 g/mol. The van der Waals surface area contributed by atoms with Crippen LogP contribution in [0.2, 0.25) is 0 Å². The molecule has 0 aliphatic carbocycles. The first-order chi connectivity index (χ1) is 14.1. The number of ether oxygens (including phenoxy) is 3. The zero-order chi connectivity index (χ0) is 20.6. The van der Waals surface area contributed by atoms with Crippen LogP contribution in [0.5, 0.6) is 17.2 Å². The van der Waals surface area contributed by atoms with Crippen LogP contribution in [0.3, 0.4) is 0 Å². The van der Waals surface area contributed by atoms with Crippen LogP contribution in [0.1, 0.15) is 34.5 Å². The maximum atomic E-state index is 13.0. The van der Waals surface area contributed by atoms with Crippen LogP contribution in [0.15, 0.2) is 72.8 Å². The topological polar surface area (TPSA) is 56.8 Å². The zero-order valence-electron chi connectivity index (χ0n) is 16.8. The smallest absolute Gasteiger partial charge is 0.255 e. The predicted octanol–water partition coefficient (Wildman–Crippen LogP) is 4.77. The summed E-state index contributed by atoms with van der Waals surface area (Å²) >= 11 is 0. The van der Waals surface area contributed by atoms with Gasteiger partial charge in [-0.25, -0.2) is 0 Å². The van der Waals surface area contributed by atoms with Crippen molar-refractivity contribution in [2.24, 2.45) is 0 Å². The van der Waals surface area contributed by atoms with Crippen molar-refractivity contribution in [3.8, 4) is 17.2 Å². The average Bonchev–Trinajstić information content (AvgIpc) is 2.78. The highest BCUT2D eigenvalue weighted by Crippen LogP contribution is 2.30. The quantitative estimate of drug-likeness (QED) is 0.601. The molecule has 1 N–H and O–H groups in total. The molecule has 0 aliphatic rings. The second-order valence-electron chi connectivity index (χ2n) is 6.57. The fourth-order valence-electron chi connectivity index (χ4n) is 3.05. The Bertz CT molecular complexity index is 956. The molecule has 150 valence electrons. The summed E-state index contributed by atoms with van der Waals surface area (Å²) in [5.41, 5.74) is 2.36.